The molecule has 3 rings (SSSR count). The second-order valence-electron chi connectivity index (χ2n) is 4.83. The molecule has 3 heterocycles. The molecular weight excluding hydrogens is 272 g/mol. The normalized spacial score (nSPS) is 17.7. The third kappa shape index (κ3) is 3.22. The highest BCUT2D eigenvalue weighted by molar-refractivity contribution is 6.04. The zero-order valence-electron chi connectivity index (χ0n) is 11.7. The summed E-state index contributed by atoms with van der Waals surface area (Å²) in [5, 5.41) is 2.80. The van der Waals surface area contributed by atoms with Crippen molar-refractivity contribution in [1.82, 2.24) is 4.98 Å². The molecule has 6 nitrogen and oxygen atoms in total. The van der Waals surface area contributed by atoms with Gasteiger partial charge in [-0.15, -0.1) is 0 Å². The molecule has 1 atom stereocenters. The zero-order valence-corrected chi connectivity index (χ0v) is 11.7. The van der Waals surface area contributed by atoms with Gasteiger partial charge >= 0.3 is 0 Å². The second kappa shape index (κ2) is 5.97. The highest BCUT2D eigenvalue weighted by Crippen LogP contribution is 2.19. The molecule has 0 radical (unpaired) electrons. The minimum absolute atomic E-state index is 0.0274. The minimum Gasteiger partial charge on any atom is -0.472 e. The smallest absolute Gasteiger partial charge is 0.259 e. The molecule has 1 aliphatic heterocycles. The summed E-state index contributed by atoms with van der Waals surface area (Å²) in [6, 6.07) is 5.05. The first kappa shape index (κ1) is 13.6. The summed E-state index contributed by atoms with van der Waals surface area (Å²) in [5.41, 5.74) is 1.14. The van der Waals surface area contributed by atoms with Crippen LogP contribution in [0.1, 0.15) is 22.5 Å². The summed E-state index contributed by atoms with van der Waals surface area (Å²) in [4.78, 5) is 16.2. The number of hydrogen-bond acceptors (Lipinski definition) is 5. The molecule has 0 aromatic carbocycles. The van der Waals surface area contributed by atoms with Crippen LogP contribution in [-0.4, -0.2) is 30.2 Å². The van der Waals surface area contributed by atoms with Gasteiger partial charge in [-0.25, -0.2) is 4.98 Å². The number of aryl methyl sites for hydroxylation is 1. The van der Waals surface area contributed by atoms with Crippen LogP contribution in [0.2, 0.25) is 0 Å². The van der Waals surface area contributed by atoms with Gasteiger partial charge in [0, 0.05) is 24.4 Å². The van der Waals surface area contributed by atoms with Crippen molar-refractivity contribution in [2.75, 3.05) is 18.5 Å². The number of furan rings is 1. The fraction of sp³-hybridized carbons (Fsp3) is 0.333. The van der Waals surface area contributed by atoms with Crippen LogP contribution in [0.15, 0.2) is 35.1 Å². The van der Waals surface area contributed by atoms with E-state index in [4.69, 9.17) is 13.9 Å². The van der Waals surface area contributed by atoms with Crippen LogP contribution < -0.4 is 10.1 Å². The molecule has 0 unspecified atom stereocenters. The van der Waals surface area contributed by atoms with E-state index in [0.29, 0.717) is 36.1 Å². The number of carbonyl (C=O) groups excluding carboxylic acids is 1. The average molecular weight is 288 g/mol. The number of carbonyl (C=O) groups is 1. The summed E-state index contributed by atoms with van der Waals surface area (Å²) < 4.78 is 16.1. The van der Waals surface area contributed by atoms with Crippen LogP contribution in [0.3, 0.4) is 0 Å². The van der Waals surface area contributed by atoms with Crippen LogP contribution in [0, 0.1) is 6.92 Å². The third-order valence-electron chi connectivity index (χ3n) is 3.27. The van der Waals surface area contributed by atoms with Gasteiger partial charge in [0.25, 0.3) is 5.91 Å². The maximum Gasteiger partial charge on any atom is 0.259 e. The largest absolute Gasteiger partial charge is 0.472 e. The van der Waals surface area contributed by atoms with Gasteiger partial charge in [-0.1, -0.05) is 0 Å². The van der Waals surface area contributed by atoms with E-state index in [0.717, 1.165) is 6.42 Å². The number of aromatic nitrogens is 1. The lowest BCUT2D eigenvalue weighted by atomic mass is 10.2. The molecular formula is C15H16N2O4. The summed E-state index contributed by atoms with van der Waals surface area (Å²) in [5.74, 6) is 0.843. The van der Waals surface area contributed by atoms with Crippen molar-refractivity contribution in [2.24, 2.45) is 0 Å². The predicted octanol–water partition coefficient (Wildman–Crippen LogP) is 2.40. The van der Waals surface area contributed by atoms with Gasteiger partial charge in [0.2, 0.25) is 5.88 Å². The number of rotatable bonds is 4. The molecule has 1 N–H and O–H groups in total. The average Bonchev–Trinajstić information content (AvgIpc) is 3.10. The molecule has 1 saturated heterocycles. The number of nitrogens with one attached hydrogen (secondary N) is 1. The van der Waals surface area contributed by atoms with E-state index in [2.05, 4.69) is 10.3 Å². The molecule has 1 aliphatic rings. The second-order valence-corrected chi connectivity index (χ2v) is 4.83. The van der Waals surface area contributed by atoms with Crippen LogP contribution in [0.25, 0.3) is 0 Å². The van der Waals surface area contributed by atoms with E-state index in [1.54, 1.807) is 31.3 Å². The van der Waals surface area contributed by atoms with Crippen molar-refractivity contribution in [3.8, 4) is 5.88 Å². The molecule has 0 saturated carbocycles. The van der Waals surface area contributed by atoms with Crippen molar-refractivity contribution >= 4 is 11.6 Å². The van der Waals surface area contributed by atoms with E-state index in [1.807, 2.05) is 0 Å². The number of hydrogen-bond donors (Lipinski definition) is 1. The maximum atomic E-state index is 12.1. The molecule has 1 amide bonds. The summed E-state index contributed by atoms with van der Waals surface area (Å²) in [7, 11) is 0. The summed E-state index contributed by atoms with van der Waals surface area (Å²) >= 11 is 0. The van der Waals surface area contributed by atoms with Crippen molar-refractivity contribution in [3.63, 3.8) is 0 Å². The monoisotopic (exact) mass is 288 g/mol. The molecule has 0 aliphatic carbocycles. The van der Waals surface area contributed by atoms with Gasteiger partial charge in [-0.2, -0.15) is 0 Å². The first-order valence-electron chi connectivity index (χ1n) is 6.78. The number of amides is 1. The Kier molecular flexibility index (Phi) is 3.87. The quantitative estimate of drug-likeness (QED) is 0.935. The number of pyridine rings is 1. The molecule has 2 aromatic rings. The zero-order chi connectivity index (χ0) is 14.7. The van der Waals surface area contributed by atoms with E-state index < -0.39 is 0 Å². The van der Waals surface area contributed by atoms with E-state index in [-0.39, 0.29) is 12.0 Å². The van der Waals surface area contributed by atoms with E-state index in [1.165, 1.54) is 6.26 Å². The Morgan fingerprint density at radius 1 is 1.48 bits per heavy atom. The molecule has 0 spiro atoms. The van der Waals surface area contributed by atoms with Gasteiger partial charge in [-0.3, -0.25) is 4.79 Å². The standard InChI is InChI=1S/C15H16N2O4/c1-10-13(4-7-20-10)15(18)17-11-2-5-16-14(8-11)21-12-3-6-19-9-12/h2,4-5,7-8,12H,3,6,9H2,1H3,(H,16,17,18)/t12-/m0/s1. The van der Waals surface area contributed by atoms with Crippen LogP contribution in [0.5, 0.6) is 5.88 Å². The van der Waals surface area contributed by atoms with E-state index in [9.17, 15) is 4.79 Å². The van der Waals surface area contributed by atoms with Crippen molar-refractivity contribution in [3.05, 3.63) is 42.0 Å². The van der Waals surface area contributed by atoms with Crippen molar-refractivity contribution in [2.45, 2.75) is 19.4 Å². The van der Waals surface area contributed by atoms with Gasteiger partial charge < -0.3 is 19.2 Å². The van der Waals surface area contributed by atoms with Gasteiger partial charge in [-0.05, 0) is 19.1 Å². The highest BCUT2D eigenvalue weighted by Gasteiger charge is 2.18. The molecule has 110 valence electrons. The fourth-order valence-corrected chi connectivity index (χ4v) is 2.15. The Hall–Kier alpha value is -2.34. The first-order chi connectivity index (χ1) is 10.2. The molecule has 21 heavy (non-hydrogen) atoms. The third-order valence-corrected chi connectivity index (χ3v) is 3.27. The summed E-state index contributed by atoms with van der Waals surface area (Å²) in [6.45, 7) is 3.03. The Labute approximate surface area is 122 Å². The summed E-state index contributed by atoms with van der Waals surface area (Å²) in [6.07, 6.45) is 3.97. The van der Waals surface area contributed by atoms with E-state index >= 15 is 0 Å². The Morgan fingerprint density at radius 3 is 3.10 bits per heavy atom. The predicted molar refractivity (Wildman–Crippen MR) is 75.5 cm³/mol. The minimum atomic E-state index is -0.220. The molecule has 1 fully saturated rings. The van der Waals surface area contributed by atoms with Gasteiger partial charge in [0.05, 0.1) is 25.0 Å². The van der Waals surface area contributed by atoms with Crippen LogP contribution >= 0.6 is 0 Å². The van der Waals surface area contributed by atoms with Crippen molar-refractivity contribution in [1.29, 1.82) is 0 Å². The van der Waals surface area contributed by atoms with Crippen molar-refractivity contribution < 1.29 is 18.7 Å². The van der Waals surface area contributed by atoms with Gasteiger partial charge in [0.1, 0.15) is 11.9 Å². The lowest BCUT2D eigenvalue weighted by Crippen LogP contribution is -2.17. The number of ether oxygens (including phenoxy) is 2. The molecule has 2 aromatic heterocycles. The Balaban J connectivity index is 1.68. The SMILES string of the molecule is Cc1occc1C(=O)Nc1ccnc(O[C@H]2CCOC2)c1. The molecule has 0 bridgehead atoms. The number of anilines is 1. The highest BCUT2D eigenvalue weighted by atomic mass is 16.5. The fourth-order valence-electron chi connectivity index (χ4n) is 2.15. The van der Waals surface area contributed by atoms with Crippen LogP contribution in [0.4, 0.5) is 5.69 Å². The van der Waals surface area contributed by atoms with Gasteiger partial charge in [0.15, 0.2) is 0 Å². The van der Waals surface area contributed by atoms with Crippen LogP contribution in [-0.2, 0) is 4.74 Å². The first-order valence-corrected chi connectivity index (χ1v) is 6.78. The lowest BCUT2D eigenvalue weighted by molar-refractivity contribution is 0.102. The Morgan fingerprint density at radius 2 is 2.38 bits per heavy atom. The lowest BCUT2D eigenvalue weighted by Gasteiger charge is -2.11. The Bertz CT molecular complexity index is 632. The number of nitrogens with zero attached hydrogens (tertiary/aromatic N) is 1. The topological polar surface area (TPSA) is 73.6 Å². The molecule has 6 heteroatoms. The maximum absolute atomic E-state index is 12.1.